The molecule has 13 heteroatoms. The number of benzene rings is 3. The highest BCUT2D eigenvalue weighted by molar-refractivity contribution is 6.47. The Morgan fingerprint density at radius 2 is 1.90 bits per heavy atom. The van der Waals surface area contributed by atoms with E-state index in [1.807, 2.05) is 6.92 Å². The molecule has 3 aromatic rings. The third-order valence-corrected chi connectivity index (χ3v) is 7.00. The van der Waals surface area contributed by atoms with Gasteiger partial charge in [0.1, 0.15) is 17.6 Å². The number of hydrogen-bond acceptors (Lipinski definition) is 8. The Morgan fingerprint density at radius 3 is 2.57 bits per heavy atom. The van der Waals surface area contributed by atoms with Crippen LogP contribution in [0.15, 0.2) is 53.6 Å². The number of rotatable bonds is 9. The number of aryl methyl sites for hydroxylation is 1. The molecule has 42 heavy (non-hydrogen) atoms. The summed E-state index contributed by atoms with van der Waals surface area (Å²) in [6.45, 7) is 3.89. The minimum atomic E-state index is -1.31. The van der Waals surface area contributed by atoms with Crippen molar-refractivity contribution in [2.75, 3.05) is 12.0 Å². The third kappa shape index (κ3) is 6.97. The number of nitrogens with two attached hydrogens (primary N) is 1. The largest absolute Gasteiger partial charge is 0.454 e. The van der Waals surface area contributed by atoms with Gasteiger partial charge in [0.15, 0.2) is 11.9 Å². The number of Topliss-reactive ketones (excluding diaryl/α,β-unsaturated/α-hetero) is 1. The van der Waals surface area contributed by atoms with E-state index >= 15 is 0 Å². The number of hydrazone groups is 1. The molecule has 1 atom stereocenters. The molecule has 4 rings (SSSR count). The van der Waals surface area contributed by atoms with E-state index in [1.54, 1.807) is 35.2 Å². The number of fused-ring (bicyclic) bond motifs is 1. The zero-order valence-corrected chi connectivity index (χ0v) is 23.9. The number of ether oxygens (including phenoxy) is 2. The number of halogens is 3. The van der Waals surface area contributed by atoms with E-state index in [0.29, 0.717) is 30.8 Å². The maximum Gasteiger partial charge on any atom is 0.405 e. The van der Waals surface area contributed by atoms with Gasteiger partial charge in [0.05, 0.1) is 15.7 Å². The van der Waals surface area contributed by atoms with Crippen LogP contribution in [0.1, 0.15) is 34.0 Å². The summed E-state index contributed by atoms with van der Waals surface area (Å²) in [6, 6.07) is 14.0. The van der Waals surface area contributed by atoms with Crippen LogP contribution in [-0.2, 0) is 22.5 Å². The first-order valence-electron chi connectivity index (χ1n) is 12.5. The molecule has 0 radical (unpaired) electrons. The van der Waals surface area contributed by atoms with Gasteiger partial charge in [0.2, 0.25) is 11.5 Å². The standard InChI is InChI=1S/C29H24Cl2FN5O5/c1-15-3-4-19(32)9-18(15)14-37-8-7-17-10-21(5-6-22(17)28(37)39)42-27-23(30)11-20(12-24(27)31)35-36-25(13-33)26(38)16(2)41-29(34)40/h3-6,9-12,16,35H,7-8,14H2,1-2H3,(H2,34,40). The first kappa shape index (κ1) is 30.3. The summed E-state index contributed by atoms with van der Waals surface area (Å²) < 4.78 is 24.2. The van der Waals surface area contributed by atoms with Gasteiger partial charge in [-0.25, -0.2) is 9.18 Å². The van der Waals surface area contributed by atoms with Crippen molar-refractivity contribution in [2.24, 2.45) is 10.8 Å². The molecule has 0 fully saturated rings. The number of nitrogens with one attached hydrogen (secondary N) is 1. The van der Waals surface area contributed by atoms with E-state index in [0.717, 1.165) is 16.7 Å². The average Bonchev–Trinajstić information content (AvgIpc) is 2.94. The van der Waals surface area contributed by atoms with Crippen molar-refractivity contribution < 1.29 is 28.2 Å². The molecule has 1 heterocycles. The molecule has 2 amide bonds. The van der Waals surface area contributed by atoms with Crippen molar-refractivity contribution in [3.63, 3.8) is 0 Å². The fourth-order valence-corrected chi connectivity index (χ4v) is 4.82. The van der Waals surface area contributed by atoms with Crippen molar-refractivity contribution >= 4 is 52.4 Å². The highest BCUT2D eigenvalue weighted by Crippen LogP contribution is 2.39. The minimum Gasteiger partial charge on any atom is -0.454 e. The highest BCUT2D eigenvalue weighted by Gasteiger charge is 2.26. The van der Waals surface area contributed by atoms with Crippen molar-refractivity contribution in [3.8, 4) is 17.6 Å². The van der Waals surface area contributed by atoms with Gasteiger partial charge in [-0.15, -0.1) is 0 Å². The van der Waals surface area contributed by atoms with Crippen LogP contribution in [0.2, 0.25) is 10.0 Å². The van der Waals surface area contributed by atoms with Crippen molar-refractivity contribution in [1.82, 2.24) is 4.90 Å². The number of primary amides is 1. The quantitative estimate of drug-likeness (QED) is 0.230. The summed E-state index contributed by atoms with van der Waals surface area (Å²) in [4.78, 5) is 37.9. The molecule has 0 spiro atoms. The van der Waals surface area contributed by atoms with Crippen molar-refractivity contribution in [3.05, 3.63) is 86.6 Å². The fourth-order valence-electron chi connectivity index (χ4n) is 4.26. The second-order valence-corrected chi connectivity index (χ2v) is 10.2. The summed E-state index contributed by atoms with van der Waals surface area (Å²) in [5.74, 6) is -0.833. The first-order chi connectivity index (χ1) is 20.0. The van der Waals surface area contributed by atoms with Crippen LogP contribution in [0, 0.1) is 24.1 Å². The number of ketones is 1. The monoisotopic (exact) mass is 611 g/mol. The Hall–Kier alpha value is -4.66. The van der Waals surface area contributed by atoms with Gasteiger partial charge >= 0.3 is 6.09 Å². The molecule has 1 unspecified atom stereocenters. The zero-order chi connectivity index (χ0) is 30.6. The maximum atomic E-state index is 13.7. The Balaban J connectivity index is 1.47. The SMILES string of the molecule is Cc1ccc(F)cc1CN1CCc2cc(Oc3c(Cl)cc(NN=C(C#N)C(=O)C(C)OC(N)=O)cc3Cl)ccc2C1=O. The number of carbonyl (C=O) groups excluding carboxylic acids is 3. The Kier molecular flexibility index (Phi) is 9.30. The van der Waals surface area contributed by atoms with E-state index in [-0.39, 0.29) is 33.2 Å². The number of amides is 2. The summed E-state index contributed by atoms with van der Waals surface area (Å²) in [5.41, 5.74) is 10.1. The van der Waals surface area contributed by atoms with Crippen molar-refractivity contribution in [1.29, 1.82) is 5.26 Å². The van der Waals surface area contributed by atoms with E-state index in [1.165, 1.54) is 31.2 Å². The van der Waals surface area contributed by atoms with Crippen molar-refractivity contribution in [2.45, 2.75) is 32.9 Å². The van der Waals surface area contributed by atoms with Gasteiger partial charge in [-0.2, -0.15) is 10.4 Å². The van der Waals surface area contributed by atoms with Gasteiger partial charge in [-0.3, -0.25) is 15.0 Å². The second kappa shape index (κ2) is 12.9. The lowest BCUT2D eigenvalue weighted by Gasteiger charge is -2.29. The topological polar surface area (TPSA) is 147 Å². The normalized spacial score (nSPS) is 13.6. The molecule has 0 saturated carbocycles. The Labute approximate surface area is 250 Å². The molecule has 0 aromatic heterocycles. The number of nitrogens with zero attached hydrogens (tertiary/aromatic N) is 3. The van der Waals surface area contributed by atoms with Crippen LogP contribution >= 0.6 is 23.2 Å². The van der Waals surface area contributed by atoms with Crippen LogP contribution in [0.4, 0.5) is 14.9 Å². The summed E-state index contributed by atoms with van der Waals surface area (Å²) in [7, 11) is 0. The molecule has 1 aliphatic heterocycles. The van der Waals surface area contributed by atoms with Crippen LogP contribution in [0.5, 0.6) is 11.5 Å². The molecule has 10 nitrogen and oxygen atoms in total. The fraction of sp³-hybridized carbons (Fsp3) is 0.207. The lowest BCUT2D eigenvalue weighted by Crippen LogP contribution is -2.37. The minimum absolute atomic E-state index is 0.0981. The van der Waals surface area contributed by atoms with Crippen LogP contribution in [-0.4, -0.2) is 41.0 Å². The maximum absolute atomic E-state index is 13.7. The number of carbonyl (C=O) groups is 3. The first-order valence-corrected chi connectivity index (χ1v) is 13.3. The summed E-state index contributed by atoms with van der Waals surface area (Å²) in [5, 5.41) is 13.2. The number of anilines is 1. The molecule has 3 N–H and O–H groups in total. The molecular formula is C29H24Cl2FN5O5. The van der Waals surface area contributed by atoms with Gasteiger partial charge in [0.25, 0.3) is 5.91 Å². The Bertz CT molecular complexity index is 1630. The predicted molar refractivity (Wildman–Crippen MR) is 154 cm³/mol. The average molecular weight is 612 g/mol. The van der Waals surface area contributed by atoms with Crippen LogP contribution in [0.3, 0.4) is 0 Å². The molecule has 0 saturated heterocycles. The molecule has 216 valence electrons. The Morgan fingerprint density at radius 1 is 1.19 bits per heavy atom. The van der Waals surface area contributed by atoms with E-state index in [2.05, 4.69) is 15.3 Å². The summed E-state index contributed by atoms with van der Waals surface area (Å²) >= 11 is 12.8. The van der Waals surface area contributed by atoms with Gasteiger partial charge in [0, 0.05) is 18.7 Å². The zero-order valence-electron chi connectivity index (χ0n) is 22.4. The van der Waals surface area contributed by atoms with E-state index < -0.39 is 23.7 Å². The van der Waals surface area contributed by atoms with E-state index in [9.17, 15) is 24.0 Å². The second-order valence-electron chi connectivity index (χ2n) is 9.36. The number of hydrogen-bond donors (Lipinski definition) is 2. The third-order valence-electron chi connectivity index (χ3n) is 6.43. The smallest absolute Gasteiger partial charge is 0.405 e. The highest BCUT2D eigenvalue weighted by atomic mass is 35.5. The van der Waals surface area contributed by atoms with E-state index in [4.69, 9.17) is 33.7 Å². The van der Waals surface area contributed by atoms with Crippen LogP contribution in [0.25, 0.3) is 0 Å². The molecule has 0 aliphatic carbocycles. The molecule has 1 aliphatic rings. The van der Waals surface area contributed by atoms with Gasteiger partial charge in [-0.1, -0.05) is 29.3 Å². The molecular weight excluding hydrogens is 588 g/mol. The van der Waals surface area contributed by atoms with Gasteiger partial charge < -0.3 is 20.1 Å². The van der Waals surface area contributed by atoms with Crippen LogP contribution < -0.4 is 15.9 Å². The number of nitriles is 1. The lowest BCUT2D eigenvalue weighted by molar-refractivity contribution is -0.119. The predicted octanol–water partition coefficient (Wildman–Crippen LogP) is 5.78. The molecule has 3 aromatic carbocycles. The lowest BCUT2D eigenvalue weighted by atomic mass is 9.97. The summed E-state index contributed by atoms with van der Waals surface area (Å²) in [6.07, 6.45) is -1.91. The van der Waals surface area contributed by atoms with Gasteiger partial charge in [-0.05, 0) is 79.4 Å². The molecule has 0 bridgehead atoms.